The number of nitrogens with zero attached hydrogens (tertiary/aromatic N) is 2. The lowest BCUT2D eigenvalue weighted by atomic mass is 10.0. The van der Waals surface area contributed by atoms with Crippen LogP contribution in [0, 0.1) is 6.92 Å². The Balaban J connectivity index is 1.53. The van der Waals surface area contributed by atoms with Gasteiger partial charge in [0.15, 0.2) is 0 Å². The fourth-order valence-electron chi connectivity index (χ4n) is 3.69. The van der Waals surface area contributed by atoms with Gasteiger partial charge < -0.3 is 4.57 Å². The average Bonchev–Trinajstić information content (AvgIpc) is 3.22. The van der Waals surface area contributed by atoms with Crippen molar-refractivity contribution in [3.05, 3.63) is 114 Å². The molecule has 0 radical (unpaired) electrons. The van der Waals surface area contributed by atoms with Crippen molar-refractivity contribution in [3.63, 3.8) is 0 Å². The van der Waals surface area contributed by atoms with Gasteiger partial charge >= 0.3 is 0 Å². The molecule has 0 saturated heterocycles. The monoisotopic (exact) mass is 394 g/mol. The summed E-state index contributed by atoms with van der Waals surface area (Å²) in [5, 5.41) is 0.349. The third kappa shape index (κ3) is 3.79. The molecule has 142 valence electrons. The number of para-hydroxylation sites is 1. The summed E-state index contributed by atoms with van der Waals surface area (Å²) < 4.78 is 2.12. The number of rotatable bonds is 3. The van der Waals surface area contributed by atoms with Crippen LogP contribution in [0.4, 0.5) is 5.69 Å². The zero-order chi connectivity index (χ0) is 19.6. The van der Waals surface area contributed by atoms with Crippen molar-refractivity contribution < 1.29 is 0 Å². The number of aryl methyl sites for hydroxylation is 1. The van der Waals surface area contributed by atoms with E-state index in [9.17, 15) is 0 Å². The topological polar surface area (TPSA) is 17.3 Å². The van der Waals surface area contributed by atoms with Crippen LogP contribution in [-0.2, 0) is 0 Å². The second kappa shape index (κ2) is 7.76. The second-order valence-electron chi connectivity index (χ2n) is 7.38. The van der Waals surface area contributed by atoms with Gasteiger partial charge in [-0.2, -0.15) is 0 Å². The minimum atomic E-state index is 0.349. The number of benzene rings is 3. The normalized spacial score (nSPS) is 16.0. The van der Waals surface area contributed by atoms with Crippen LogP contribution >= 0.6 is 11.8 Å². The molecule has 0 saturated carbocycles. The first-order chi connectivity index (χ1) is 14.3. The summed E-state index contributed by atoms with van der Waals surface area (Å²) in [7, 11) is 0. The number of hydrogen-bond acceptors (Lipinski definition) is 2. The predicted octanol–water partition coefficient (Wildman–Crippen LogP) is 7.14. The average molecular weight is 395 g/mol. The van der Waals surface area contributed by atoms with Crippen LogP contribution in [0.5, 0.6) is 0 Å². The zero-order valence-corrected chi connectivity index (χ0v) is 17.1. The van der Waals surface area contributed by atoms with Gasteiger partial charge in [-0.15, -0.1) is 11.8 Å². The van der Waals surface area contributed by atoms with Gasteiger partial charge in [-0.05, 0) is 54.4 Å². The van der Waals surface area contributed by atoms with Crippen molar-refractivity contribution in [2.24, 2.45) is 4.99 Å². The zero-order valence-electron chi connectivity index (χ0n) is 16.3. The number of aromatic nitrogens is 1. The van der Waals surface area contributed by atoms with E-state index in [0.717, 1.165) is 23.5 Å². The highest BCUT2D eigenvalue weighted by Gasteiger charge is 2.22. The standard InChI is InChI=1S/C26H22N2S/c1-19-8-10-21(11-9-19)26-18-24(27-23-6-2-3-7-25(23)29-26)20-12-14-22(15-13-20)28-16-4-5-17-28/h2-17,26H,18H2,1H3. The first-order valence-electron chi connectivity index (χ1n) is 9.90. The first kappa shape index (κ1) is 18.0. The molecule has 0 N–H and O–H groups in total. The van der Waals surface area contributed by atoms with Crippen LogP contribution in [0.15, 0.2) is 107 Å². The van der Waals surface area contributed by atoms with Crippen LogP contribution in [0.25, 0.3) is 5.69 Å². The molecule has 5 rings (SSSR count). The molecule has 3 heteroatoms. The van der Waals surface area contributed by atoms with Gasteiger partial charge in [0.1, 0.15) is 0 Å². The van der Waals surface area contributed by atoms with E-state index >= 15 is 0 Å². The maximum atomic E-state index is 5.08. The van der Waals surface area contributed by atoms with E-state index in [1.807, 2.05) is 23.9 Å². The third-order valence-corrected chi connectivity index (χ3v) is 6.64. The van der Waals surface area contributed by atoms with Gasteiger partial charge in [0.25, 0.3) is 0 Å². The lowest BCUT2D eigenvalue weighted by molar-refractivity contribution is 1.01. The molecule has 0 bridgehead atoms. The number of fused-ring (bicyclic) bond motifs is 1. The molecule has 0 fully saturated rings. The maximum Gasteiger partial charge on any atom is 0.0769 e. The van der Waals surface area contributed by atoms with Crippen molar-refractivity contribution in [2.75, 3.05) is 0 Å². The molecule has 0 amide bonds. The van der Waals surface area contributed by atoms with Crippen molar-refractivity contribution in [3.8, 4) is 5.69 Å². The number of hydrogen-bond donors (Lipinski definition) is 0. The Kier molecular flexibility index (Phi) is 4.82. The molecule has 4 aromatic rings. The van der Waals surface area contributed by atoms with E-state index in [-0.39, 0.29) is 0 Å². The van der Waals surface area contributed by atoms with Crippen LogP contribution in [0.1, 0.15) is 28.4 Å². The number of aliphatic imine (C=N–C) groups is 1. The van der Waals surface area contributed by atoms with Crippen LogP contribution in [0.2, 0.25) is 0 Å². The molecule has 1 unspecified atom stereocenters. The molecule has 0 spiro atoms. The molecule has 3 aromatic carbocycles. The SMILES string of the molecule is Cc1ccc(C2CC(c3ccc(-n4cccc4)cc3)=Nc3ccccc3S2)cc1. The van der Waals surface area contributed by atoms with Crippen molar-refractivity contribution in [2.45, 2.75) is 23.5 Å². The van der Waals surface area contributed by atoms with Crippen molar-refractivity contribution in [1.29, 1.82) is 0 Å². The Hall–Kier alpha value is -3.04. The highest BCUT2D eigenvalue weighted by molar-refractivity contribution is 7.99. The van der Waals surface area contributed by atoms with Crippen molar-refractivity contribution >= 4 is 23.2 Å². The summed E-state index contributed by atoms with van der Waals surface area (Å²) in [6.07, 6.45) is 5.04. The third-order valence-electron chi connectivity index (χ3n) is 5.32. The maximum absolute atomic E-state index is 5.08. The Morgan fingerprint density at radius 3 is 2.31 bits per heavy atom. The predicted molar refractivity (Wildman–Crippen MR) is 123 cm³/mol. The van der Waals surface area contributed by atoms with Gasteiger partial charge in [0, 0.05) is 40.4 Å². The number of thioether (sulfide) groups is 1. The highest BCUT2D eigenvalue weighted by Crippen LogP contribution is 2.45. The molecule has 29 heavy (non-hydrogen) atoms. The fraction of sp³-hybridized carbons (Fsp3) is 0.115. The molecule has 1 aliphatic rings. The molecular weight excluding hydrogens is 372 g/mol. The molecule has 2 nitrogen and oxygen atoms in total. The molecule has 1 aromatic heterocycles. The van der Waals surface area contributed by atoms with E-state index in [0.29, 0.717) is 5.25 Å². The van der Waals surface area contributed by atoms with E-state index < -0.39 is 0 Å². The Morgan fingerprint density at radius 2 is 1.55 bits per heavy atom. The summed E-state index contributed by atoms with van der Waals surface area (Å²) in [5.74, 6) is 0. The summed E-state index contributed by atoms with van der Waals surface area (Å²) >= 11 is 1.92. The minimum absolute atomic E-state index is 0.349. The lowest BCUT2D eigenvalue weighted by Crippen LogP contribution is -2.06. The van der Waals surface area contributed by atoms with E-state index in [4.69, 9.17) is 4.99 Å². The fourth-order valence-corrected chi connectivity index (χ4v) is 4.93. The van der Waals surface area contributed by atoms with E-state index in [1.165, 1.54) is 21.6 Å². The van der Waals surface area contributed by atoms with Gasteiger partial charge in [-0.1, -0.05) is 54.1 Å². The van der Waals surface area contributed by atoms with Gasteiger partial charge in [-0.3, -0.25) is 4.99 Å². The largest absolute Gasteiger partial charge is 0.324 e. The lowest BCUT2D eigenvalue weighted by Gasteiger charge is -2.16. The quantitative estimate of drug-likeness (QED) is 0.361. The van der Waals surface area contributed by atoms with Crippen LogP contribution < -0.4 is 0 Å². The summed E-state index contributed by atoms with van der Waals surface area (Å²) in [5.41, 5.74) is 7.22. The summed E-state index contributed by atoms with van der Waals surface area (Å²) in [6.45, 7) is 2.14. The molecule has 2 heterocycles. The minimum Gasteiger partial charge on any atom is -0.324 e. The van der Waals surface area contributed by atoms with E-state index in [1.54, 1.807) is 0 Å². The van der Waals surface area contributed by atoms with Crippen molar-refractivity contribution in [1.82, 2.24) is 4.57 Å². The molecule has 1 atom stereocenters. The Bertz CT molecular complexity index is 1140. The molecule has 1 aliphatic heterocycles. The van der Waals surface area contributed by atoms with Crippen LogP contribution in [-0.4, -0.2) is 10.3 Å². The van der Waals surface area contributed by atoms with E-state index in [2.05, 4.69) is 96.7 Å². The Morgan fingerprint density at radius 1 is 0.828 bits per heavy atom. The first-order valence-corrected chi connectivity index (χ1v) is 10.8. The van der Waals surface area contributed by atoms with Crippen LogP contribution in [0.3, 0.4) is 0 Å². The van der Waals surface area contributed by atoms with Gasteiger partial charge in [0.2, 0.25) is 0 Å². The second-order valence-corrected chi connectivity index (χ2v) is 8.63. The molecule has 0 aliphatic carbocycles. The smallest absolute Gasteiger partial charge is 0.0769 e. The molecular formula is C26H22N2S. The van der Waals surface area contributed by atoms with Gasteiger partial charge in [-0.25, -0.2) is 0 Å². The Labute approximate surface area is 175 Å². The summed E-state index contributed by atoms with van der Waals surface area (Å²) in [6, 6.07) is 30.2. The summed E-state index contributed by atoms with van der Waals surface area (Å²) in [4.78, 5) is 6.33. The van der Waals surface area contributed by atoms with Gasteiger partial charge in [0.05, 0.1) is 5.69 Å². The highest BCUT2D eigenvalue weighted by atomic mass is 32.2.